The first-order chi connectivity index (χ1) is 12.8. The molecule has 2 aromatic rings. The fourth-order valence-corrected chi connectivity index (χ4v) is 3.91. The molecule has 4 heterocycles. The molecule has 0 bridgehead atoms. The monoisotopic (exact) mass is 352 g/mol. The van der Waals surface area contributed by atoms with Crippen molar-refractivity contribution in [1.29, 1.82) is 0 Å². The lowest BCUT2D eigenvalue weighted by atomic mass is 9.87. The number of fused-ring (bicyclic) bond motifs is 1. The van der Waals surface area contributed by atoms with Gasteiger partial charge in [0.25, 0.3) is 0 Å². The number of hydrogen-bond acceptors (Lipinski definition) is 6. The van der Waals surface area contributed by atoms with E-state index >= 15 is 0 Å². The highest BCUT2D eigenvalue weighted by molar-refractivity contribution is 5.86. The van der Waals surface area contributed by atoms with E-state index in [2.05, 4.69) is 30.5 Å². The van der Waals surface area contributed by atoms with Gasteiger partial charge in [-0.05, 0) is 54.6 Å². The summed E-state index contributed by atoms with van der Waals surface area (Å²) in [5.74, 6) is 1.82. The molecule has 1 atom stereocenters. The van der Waals surface area contributed by atoms with E-state index in [-0.39, 0.29) is 5.82 Å². The van der Waals surface area contributed by atoms with E-state index in [1.807, 2.05) is 24.4 Å². The first-order valence-electron chi connectivity index (χ1n) is 9.14. The van der Waals surface area contributed by atoms with Gasteiger partial charge in [-0.15, -0.1) is 0 Å². The Hall–Kier alpha value is -2.54. The minimum Gasteiger partial charge on any atom is -0.340 e. The van der Waals surface area contributed by atoms with Gasteiger partial charge in [0.2, 0.25) is 5.95 Å². The molecule has 2 fully saturated rings. The molecule has 0 aliphatic carbocycles. The van der Waals surface area contributed by atoms with Gasteiger partial charge in [-0.25, -0.2) is 9.37 Å². The Morgan fingerprint density at radius 3 is 3.00 bits per heavy atom. The first kappa shape index (κ1) is 15.7. The summed E-state index contributed by atoms with van der Waals surface area (Å²) in [7, 11) is 0. The van der Waals surface area contributed by atoms with Crippen LogP contribution in [0, 0.1) is 17.7 Å². The minimum atomic E-state index is -0.443. The Balaban J connectivity index is 1.34. The maximum Gasteiger partial charge on any atom is 0.227 e. The highest BCUT2D eigenvalue weighted by atomic mass is 19.1. The minimum absolute atomic E-state index is 0.221. The van der Waals surface area contributed by atoms with Gasteiger partial charge >= 0.3 is 0 Å². The third-order valence-corrected chi connectivity index (χ3v) is 5.62. The molecular weight excluding hydrogens is 331 g/mol. The van der Waals surface area contributed by atoms with Crippen molar-refractivity contribution >= 4 is 23.7 Å². The van der Waals surface area contributed by atoms with Gasteiger partial charge in [-0.1, -0.05) is 6.07 Å². The third-order valence-electron chi connectivity index (χ3n) is 5.62. The van der Waals surface area contributed by atoms with Crippen LogP contribution in [0.1, 0.15) is 17.5 Å². The van der Waals surface area contributed by atoms with Crippen LogP contribution in [0.3, 0.4) is 0 Å². The quantitative estimate of drug-likeness (QED) is 0.884. The van der Waals surface area contributed by atoms with E-state index in [1.165, 1.54) is 11.8 Å². The van der Waals surface area contributed by atoms with Crippen molar-refractivity contribution in [2.24, 2.45) is 16.8 Å². The molecular formula is C19H21FN6. The zero-order valence-corrected chi connectivity index (χ0v) is 14.5. The number of anilines is 3. The lowest BCUT2D eigenvalue weighted by molar-refractivity contribution is 0.250. The summed E-state index contributed by atoms with van der Waals surface area (Å²) in [4.78, 5) is 15.1. The molecule has 5 rings (SSSR count). The van der Waals surface area contributed by atoms with Crippen LogP contribution >= 0.6 is 0 Å². The van der Waals surface area contributed by atoms with Crippen LogP contribution in [0.5, 0.6) is 0 Å². The Labute approximate surface area is 151 Å². The number of aliphatic imine (C=N–C) groups is 1. The molecule has 1 unspecified atom stereocenters. The summed E-state index contributed by atoms with van der Waals surface area (Å²) in [5.41, 5.74) is 3.06. The van der Waals surface area contributed by atoms with Crippen LogP contribution in [0.15, 0.2) is 29.4 Å². The van der Waals surface area contributed by atoms with Crippen molar-refractivity contribution in [3.63, 3.8) is 0 Å². The van der Waals surface area contributed by atoms with E-state index < -0.39 is 5.82 Å². The number of nitrogens with one attached hydrogen (secondary N) is 2. The fourth-order valence-electron chi connectivity index (χ4n) is 3.91. The van der Waals surface area contributed by atoms with Crippen molar-refractivity contribution in [3.8, 4) is 0 Å². The molecule has 1 aromatic carbocycles. The van der Waals surface area contributed by atoms with Crippen LogP contribution < -0.4 is 15.5 Å². The molecule has 0 saturated carbocycles. The number of benzene rings is 1. The first-order valence-corrected chi connectivity index (χ1v) is 9.14. The van der Waals surface area contributed by atoms with Gasteiger partial charge < -0.3 is 15.5 Å². The average molecular weight is 352 g/mol. The normalized spacial score (nSPS) is 21.7. The number of hydrogen-bond donors (Lipinski definition) is 2. The summed E-state index contributed by atoms with van der Waals surface area (Å²) in [6.45, 7) is 4.82. The topological polar surface area (TPSA) is 65.4 Å². The van der Waals surface area contributed by atoms with Crippen molar-refractivity contribution in [2.75, 3.05) is 36.4 Å². The van der Waals surface area contributed by atoms with Gasteiger partial charge in [0.1, 0.15) is 0 Å². The summed E-state index contributed by atoms with van der Waals surface area (Å²) in [6.07, 6.45) is 4.26. The van der Waals surface area contributed by atoms with Crippen LogP contribution in [-0.2, 0) is 6.54 Å². The number of aromatic nitrogens is 2. The third kappa shape index (κ3) is 2.82. The van der Waals surface area contributed by atoms with Crippen LogP contribution in [-0.4, -0.2) is 42.4 Å². The Bertz CT molecular complexity index is 863. The standard InChI is InChI=1S/C19H21FN6/c20-17-10-23-19(26-4-3-13(11-26)15-8-22-9-15)25-18(17)24-16-2-1-12-6-21-7-14(12)5-16/h1-2,5,7,10,13,15,22H,3-4,6,8-9,11H2,(H,23,24,25). The van der Waals surface area contributed by atoms with Gasteiger partial charge in [0.15, 0.2) is 11.6 Å². The average Bonchev–Trinajstić information content (AvgIpc) is 3.24. The molecule has 3 aliphatic heterocycles. The van der Waals surface area contributed by atoms with Crippen LogP contribution in [0.2, 0.25) is 0 Å². The Morgan fingerprint density at radius 2 is 2.15 bits per heavy atom. The molecule has 7 heteroatoms. The van der Waals surface area contributed by atoms with Crippen molar-refractivity contribution in [2.45, 2.75) is 13.0 Å². The molecule has 0 amide bonds. The Morgan fingerprint density at radius 1 is 1.23 bits per heavy atom. The van der Waals surface area contributed by atoms with Gasteiger partial charge in [0, 0.05) is 25.0 Å². The molecule has 3 aliphatic rings. The molecule has 2 N–H and O–H groups in total. The Kier molecular flexibility index (Phi) is 3.81. The smallest absolute Gasteiger partial charge is 0.227 e. The predicted octanol–water partition coefficient (Wildman–Crippen LogP) is 2.34. The summed E-state index contributed by atoms with van der Waals surface area (Å²) >= 11 is 0. The number of rotatable bonds is 4. The lowest BCUT2D eigenvalue weighted by Crippen LogP contribution is -2.46. The van der Waals surface area contributed by atoms with Crippen molar-refractivity contribution in [3.05, 3.63) is 41.3 Å². The predicted molar refractivity (Wildman–Crippen MR) is 99.7 cm³/mol. The van der Waals surface area contributed by atoms with Gasteiger partial charge in [0.05, 0.1) is 12.7 Å². The van der Waals surface area contributed by atoms with Gasteiger partial charge in [-0.2, -0.15) is 4.98 Å². The molecule has 2 saturated heterocycles. The second-order valence-electron chi connectivity index (χ2n) is 7.29. The van der Waals surface area contributed by atoms with Crippen LogP contribution in [0.25, 0.3) is 0 Å². The second-order valence-corrected chi connectivity index (χ2v) is 7.29. The van der Waals surface area contributed by atoms with Crippen molar-refractivity contribution in [1.82, 2.24) is 15.3 Å². The van der Waals surface area contributed by atoms with E-state index in [1.54, 1.807) is 0 Å². The van der Waals surface area contributed by atoms with Crippen LogP contribution in [0.4, 0.5) is 21.8 Å². The van der Waals surface area contributed by atoms with Gasteiger partial charge in [-0.3, -0.25) is 4.99 Å². The highest BCUT2D eigenvalue weighted by Crippen LogP contribution is 2.30. The molecule has 0 radical (unpaired) electrons. The maximum absolute atomic E-state index is 14.2. The molecule has 26 heavy (non-hydrogen) atoms. The van der Waals surface area contributed by atoms with E-state index in [0.29, 0.717) is 18.4 Å². The number of halogens is 1. The lowest BCUT2D eigenvalue weighted by Gasteiger charge is -2.32. The molecule has 1 aromatic heterocycles. The zero-order valence-electron chi connectivity index (χ0n) is 14.5. The fraction of sp³-hybridized carbons (Fsp3) is 0.421. The second kappa shape index (κ2) is 6.32. The molecule has 6 nitrogen and oxygen atoms in total. The van der Waals surface area contributed by atoms with E-state index in [4.69, 9.17) is 0 Å². The largest absolute Gasteiger partial charge is 0.340 e. The van der Waals surface area contributed by atoms with E-state index in [0.717, 1.165) is 49.8 Å². The maximum atomic E-state index is 14.2. The molecule has 0 spiro atoms. The summed E-state index contributed by atoms with van der Waals surface area (Å²) in [6, 6.07) is 5.93. The van der Waals surface area contributed by atoms with Crippen molar-refractivity contribution < 1.29 is 4.39 Å². The zero-order chi connectivity index (χ0) is 17.5. The highest BCUT2D eigenvalue weighted by Gasteiger charge is 2.33. The van der Waals surface area contributed by atoms with E-state index in [9.17, 15) is 4.39 Å². The summed E-state index contributed by atoms with van der Waals surface area (Å²) < 4.78 is 14.2. The SMILES string of the molecule is Fc1cnc(N2CCC(C3CNC3)C2)nc1Nc1ccc2c(c1)C=NC2. The summed E-state index contributed by atoms with van der Waals surface area (Å²) in [5, 5.41) is 6.43. The number of nitrogens with zero attached hydrogens (tertiary/aromatic N) is 4. The molecule has 134 valence electrons.